The average Bonchev–Trinajstić information content (AvgIpc) is 2.63. The van der Waals surface area contributed by atoms with E-state index >= 15 is 0 Å². The molecule has 0 aliphatic heterocycles. The van der Waals surface area contributed by atoms with Crippen molar-refractivity contribution in [2.45, 2.75) is 77.6 Å². The van der Waals surface area contributed by atoms with Crippen LogP contribution in [0.2, 0.25) is 0 Å². The van der Waals surface area contributed by atoms with Crippen LogP contribution < -0.4 is 0 Å². The Morgan fingerprint density at radius 2 is 1.58 bits per heavy atom. The smallest absolute Gasteiger partial charge is 0.159 e. The summed E-state index contributed by atoms with van der Waals surface area (Å²) in [5, 5.41) is 0. The molecule has 0 spiro atoms. The van der Waals surface area contributed by atoms with Gasteiger partial charge in [0, 0.05) is 0 Å². The quantitative estimate of drug-likeness (QED) is 0.554. The van der Waals surface area contributed by atoms with Crippen LogP contribution in [0.1, 0.15) is 76.7 Å². The van der Waals surface area contributed by atoms with E-state index in [1.807, 2.05) is 5.92 Å². The van der Waals surface area contributed by atoms with E-state index in [0.29, 0.717) is 0 Å². The van der Waals surface area contributed by atoms with Crippen LogP contribution in [0.15, 0.2) is 18.2 Å². The lowest BCUT2D eigenvalue weighted by atomic mass is 9.68. The lowest BCUT2D eigenvalue weighted by molar-refractivity contribution is 0.287. The highest BCUT2D eigenvalue weighted by Crippen LogP contribution is 2.44. The van der Waals surface area contributed by atoms with Gasteiger partial charge in [0.2, 0.25) is 0 Å². The fourth-order valence-electron chi connectivity index (χ4n) is 4.57. The fraction of sp³-hybridized carbons (Fsp3) is 0.636. The zero-order valence-electron chi connectivity index (χ0n) is 14.9. The van der Waals surface area contributed by atoms with Gasteiger partial charge < -0.3 is 0 Å². The van der Waals surface area contributed by atoms with E-state index < -0.39 is 11.6 Å². The van der Waals surface area contributed by atoms with E-state index in [2.05, 4.69) is 6.92 Å². The van der Waals surface area contributed by atoms with Crippen LogP contribution in [0, 0.1) is 35.3 Å². The van der Waals surface area contributed by atoms with Crippen LogP contribution in [-0.2, 0) is 6.42 Å². The molecule has 2 heteroatoms. The second-order valence-corrected chi connectivity index (χ2v) is 7.78. The zero-order chi connectivity index (χ0) is 16.9. The van der Waals surface area contributed by atoms with E-state index in [-0.39, 0.29) is 0 Å². The van der Waals surface area contributed by atoms with Crippen LogP contribution in [0.5, 0.6) is 0 Å². The Bertz CT molecular complexity index is 509. The Morgan fingerprint density at radius 3 is 2.21 bits per heavy atom. The first-order valence-electron chi connectivity index (χ1n) is 9.77. The molecule has 1 aromatic rings. The monoisotopic (exact) mass is 332 g/mol. The van der Waals surface area contributed by atoms with E-state index in [0.717, 1.165) is 30.2 Å². The van der Waals surface area contributed by atoms with Crippen LogP contribution in [0.3, 0.4) is 0 Å². The molecule has 0 saturated heterocycles. The zero-order valence-corrected chi connectivity index (χ0v) is 14.9. The molecule has 0 aromatic heterocycles. The summed E-state index contributed by atoms with van der Waals surface area (Å²) in [7, 11) is 0. The molecule has 132 valence electrons. The highest BCUT2D eigenvalue weighted by Gasteiger charge is 2.30. The Balaban J connectivity index is 1.40. The standard InChI is InChI=1S/C22H30F2/c1-2-16-5-10-19(11-6-16)20-12-7-17(8-13-20)3-4-18-9-14-21(23)22(24)15-18/h9,14-16,20H,2-8,10-13H2,1H3. The Hall–Kier alpha value is -0.920. The lowest BCUT2D eigenvalue weighted by Gasteiger charge is -2.37. The SMILES string of the molecule is CCC1CC[C](C2CC[C](CCc3ccc(F)c(F)c3)CC2)CC1. The average molecular weight is 332 g/mol. The molecule has 2 aliphatic carbocycles. The number of rotatable bonds is 5. The fourth-order valence-corrected chi connectivity index (χ4v) is 4.57. The van der Waals surface area contributed by atoms with Gasteiger partial charge in [-0.1, -0.05) is 19.4 Å². The summed E-state index contributed by atoms with van der Waals surface area (Å²) in [4.78, 5) is 0. The van der Waals surface area contributed by atoms with Gasteiger partial charge in [-0.15, -0.1) is 0 Å². The molecule has 3 rings (SSSR count). The predicted octanol–water partition coefficient (Wildman–Crippen LogP) is 6.84. The molecule has 0 atom stereocenters. The summed E-state index contributed by atoms with van der Waals surface area (Å²) in [5.41, 5.74) is 0.913. The van der Waals surface area contributed by atoms with Crippen molar-refractivity contribution in [1.29, 1.82) is 0 Å². The molecule has 2 fully saturated rings. The van der Waals surface area contributed by atoms with Crippen molar-refractivity contribution in [2.75, 3.05) is 0 Å². The van der Waals surface area contributed by atoms with Gasteiger partial charge in [-0.05, 0) is 106 Å². The van der Waals surface area contributed by atoms with Crippen LogP contribution in [0.25, 0.3) is 0 Å². The first-order chi connectivity index (χ1) is 11.7. The second-order valence-electron chi connectivity index (χ2n) is 7.78. The first kappa shape index (κ1) is 17.9. The summed E-state index contributed by atoms with van der Waals surface area (Å²) in [6.07, 6.45) is 13.9. The maximum atomic E-state index is 13.3. The van der Waals surface area contributed by atoms with Crippen LogP contribution in [0.4, 0.5) is 8.78 Å². The third-order valence-electron chi connectivity index (χ3n) is 6.35. The molecule has 0 N–H and O–H groups in total. The summed E-state index contributed by atoms with van der Waals surface area (Å²) in [5.74, 6) is 3.82. The Morgan fingerprint density at radius 1 is 0.875 bits per heavy atom. The minimum Gasteiger partial charge on any atom is -0.204 e. The van der Waals surface area contributed by atoms with Crippen molar-refractivity contribution in [3.8, 4) is 0 Å². The van der Waals surface area contributed by atoms with Gasteiger partial charge in [0.1, 0.15) is 0 Å². The maximum Gasteiger partial charge on any atom is 0.159 e. The lowest BCUT2D eigenvalue weighted by Crippen LogP contribution is -2.24. The molecule has 2 aliphatic rings. The van der Waals surface area contributed by atoms with Gasteiger partial charge in [0.15, 0.2) is 11.6 Å². The molecule has 2 radical (unpaired) electrons. The van der Waals surface area contributed by atoms with Gasteiger partial charge in [0.05, 0.1) is 0 Å². The molecule has 0 unspecified atom stereocenters. The highest BCUT2D eigenvalue weighted by molar-refractivity contribution is 5.19. The molecule has 0 bridgehead atoms. The Kier molecular flexibility index (Phi) is 6.30. The molecule has 2 saturated carbocycles. The summed E-state index contributed by atoms with van der Waals surface area (Å²) < 4.78 is 26.2. The Labute approximate surface area is 146 Å². The number of halogens is 2. The van der Waals surface area contributed by atoms with Crippen LogP contribution in [-0.4, -0.2) is 0 Å². The molecule has 0 heterocycles. The third kappa shape index (κ3) is 4.58. The molecule has 0 nitrogen and oxygen atoms in total. The molecular weight excluding hydrogens is 302 g/mol. The molecule has 0 amide bonds. The van der Waals surface area contributed by atoms with E-state index in [1.165, 1.54) is 69.9 Å². The van der Waals surface area contributed by atoms with Gasteiger partial charge >= 0.3 is 0 Å². The van der Waals surface area contributed by atoms with Gasteiger partial charge in [-0.25, -0.2) is 8.78 Å². The van der Waals surface area contributed by atoms with Crippen LogP contribution >= 0.6 is 0 Å². The largest absolute Gasteiger partial charge is 0.204 e. The van der Waals surface area contributed by atoms with Gasteiger partial charge in [-0.3, -0.25) is 0 Å². The normalized spacial score (nSPS) is 22.1. The minimum absolute atomic E-state index is 0.722. The molecule has 24 heavy (non-hydrogen) atoms. The van der Waals surface area contributed by atoms with E-state index in [1.54, 1.807) is 12.0 Å². The van der Waals surface area contributed by atoms with Gasteiger partial charge in [-0.2, -0.15) is 0 Å². The topological polar surface area (TPSA) is 0 Å². The van der Waals surface area contributed by atoms with Crippen molar-refractivity contribution in [1.82, 2.24) is 0 Å². The number of hydrogen-bond acceptors (Lipinski definition) is 0. The maximum absolute atomic E-state index is 13.3. The van der Waals surface area contributed by atoms with Crippen molar-refractivity contribution >= 4 is 0 Å². The second kappa shape index (κ2) is 8.45. The highest BCUT2D eigenvalue weighted by atomic mass is 19.2. The summed E-state index contributed by atoms with van der Waals surface area (Å²) in [6.45, 7) is 2.32. The predicted molar refractivity (Wildman–Crippen MR) is 95.4 cm³/mol. The van der Waals surface area contributed by atoms with Crippen molar-refractivity contribution in [2.24, 2.45) is 11.8 Å². The van der Waals surface area contributed by atoms with Crippen molar-refractivity contribution in [3.63, 3.8) is 0 Å². The number of benzene rings is 1. The van der Waals surface area contributed by atoms with E-state index in [4.69, 9.17) is 0 Å². The van der Waals surface area contributed by atoms with E-state index in [9.17, 15) is 8.78 Å². The van der Waals surface area contributed by atoms with Gasteiger partial charge in [0.25, 0.3) is 0 Å². The van der Waals surface area contributed by atoms with Crippen molar-refractivity contribution < 1.29 is 8.78 Å². The third-order valence-corrected chi connectivity index (χ3v) is 6.35. The number of aryl methyl sites for hydroxylation is 1. The minimum atomic E-state index is -0.748. The van der Waals surface area contributed by atoms with Crippen molar-refractivity contribution in [3.05, 3.63) is 47.2 Å². The first-order valence-corrected chi connectivity index (χ1v) is 9.77. The molecule has 1 aromatic carbocycles. The summed E-state index contributed by atoms with van der Waals surface area (Å²) >= 11 is 0. The molecular formula is C22H30F2. The summed E-state index contributed by atoms with van der Waals surface area (Å²) in [6, 6.07) is 4.31. The number of hydrogen-bond donors (Lipinski definition) is 0.